The van der Waals surface area contributed by atoms with Gasteiger partial charge in [-0.25, -0.2) is 19.3 Å². The number of alkyl halides is 1. The molecule has 0 unspecified atom stereocenters. The van der Waals surface area contributed by atoms with Crippen molar-refractivity contribution in [2.45, 2.75) is 39.7 Å². The molecule has 10 heteroatoms. The number of amides is 1. The second-order valence-corrected chi connectivity index (χ2v) is 9.72. The lowest BCUT2D eigenvalue weighted by Crippen LogP contribution is -2.38. The molecular weight excluding hydrogens is 500 g/mol. The van der Waals surface area contributed by atoms with Crippen LogP contribution >= 0.6 is 0 Å². The Bertz CT molecular complexity index is 1410. The van der Waals surface area contributed by atoms with Gasteiger partial charge in [-0.2, -0.15) is 0 Å². The van der Waals surface area contributed by atoms with E-state index in [-0.39, 0.29) is 23.6 Å². The van der Waals surface area contributed by atoms with E-state index in [0.717, 1.165) is 61.8 Å². The first kappa shape index (κ1) is 28.1. The molecule has 0 spiro atoms. The van der Waals surface area contributed by atoms with Crippen LogP contribution in [0.5, 0.6) is 0 Å². The summed E-state index contributed by atoms with van der Waals surface area (Å²) in [7, 11) is 0.500. The summed E-state index contributed by atoms with van der Waals surface area (Å²) in [4.78, 5) is 27.7. The third-order valence-corrected chi connectivity index (χ3v) is 6.67. The predicted molar refractivity (Wildman–Crippen MR) is 151 cm³/mol. The highest BCUT2D eigenvalue weighted by atomic mass is 19.1. The summed E-state index contributed by atoms with van der Waals surface area (Å²) in [5, 5.41) is 7.50. The topological polar surface area (TPSA) is 88.0 Å². The Balaban J connectivity index is 0.00000172. The molecule has 2 N–H and O–H groups in total. The van der Waals surface area contributed by atoms with Crippen molar-refractivity contribution in [2.24, 2.45) is 0 Å². The number of benzene rings is 1. The highest BCUT2D eigenvalue weighted by Gasteiger charge is 2.18. The van der Waals surface area contributed by atoms with Gasteiger partial charge in [-0.3, -0.25) is 9.18 Å². The average molecular weight is 536 g/mol. The van der Waals surface area contributed by atoms with Crippen molar-refractivity contribution >= 4 is 28.6 Å². The van der Waals surface area contributed by atoms with Crippen molar-refractivity contribution in [2.75, 3.05) is 38.7 Å². The van der Waals surface area contributed by atoms with E-state index in [1.165, 1.54) is 0 Å². The summed E-state index contributed by atoms with van der Waals surface area (Å²) >= 11 is 0. The number of nitrogens with one attached hydrogen (secondary N) is 2. The Hall–Kier alpha value is -3.92. The predicted octanol–water partition coefficient (Wildman–Crippen LogP) is 5.68. The monoisotopic (exact) mass is 535 g/mol. The Morgan fingerprint density at radius 2 is 1.77 bits per heavy atom. The molecule has 0 radical (unpaired) electrons. The number of pyridine rings is 1. The van der Waals surface area contributed by atoms with E-state index >= 15 is 0 Å². The first-order valence-electron chi connectivity index (χ1n) is 13.2. The second-order valence-electron chi connectivity index (χ2n) is 9.72. The van der Waals surface area contributed by atoms with E-state index in [0.29, 0.717) is 24.1 Å². The lowest BCUT2D eigenvalue weighted by Gasteiger charge is -2.25. The van der Waals surface area contributed by atoms with E-state index in [2.05, 4.69) is 57.0 Å². The number of carbonyl (C=O) groups excluding carboxylic acids is 1. The lowest BCUT2D eigenvalue weighted by molar-refractivity contribution is 0.0745. The summed E-state index contributed by atoms with van der Waals surface area (Å²) in [5.41, 5.74) is 3.62. The van der Waals surface area contributed by atoms with Gasteiger partial charge in [0.05, 0.1) is 18.9 Å². The van der Waals surface area contributed by atoms with Crippen molar-refractivity contribution in [3.05, 3.63) is 65.9 Å². The molecule has 1 saturated heterocycles. The van der Waals surface area contributed by atoms with Crippen LogP contribution in [0.25, 0.3) is 22.2 Å². The van der Waals surface area contributed by atoms with Crippen molar-refractivity contribution in [1.82, 2.24) is 29.7 Å². The van der Waals surface area contributed by atoms with Gasteiger partial charge in [0.1, 0.15) is 11.5 Å². The van der Waals surface area contributed by atoms with Crippen LogP contribution < -0.4 is 10.6 Å². The lowest BCUT2D eigenvalue weighted by atomic mass is 10.1. The molecule has 4 aromatic rings. The molecular formula is C29H35F2N7O. The summed E-state index contributed by atoms with van der Waals surface area (Å²) in [6.45, 7) is 9.63. The minimum atomic E-state index is -0.498. The molecule has 1 amide bonds. The largest absolute Gasteiger partial charge is 0.342 e. The quantitative estimate of drug-likeness (QED) is 0.342. The number of anilines is 2. The molecule has 0 atom stereocenters. The smallest absolute Gasteiger partial charge is 0.255 e. The molecule has 1 aliphatic rings. The van der Waals surface area contributed by atoms with E-state index in [1.807, 2.05) is 23.1 Å². The zero-order chi connectivity index (χ0) is 27.9. The highest BCUT2D eigenvalue weighted by Crippen LogP contribution is 2.30. The number of nitrogens with zero attached hydrogens (tertiary/aromatic N) is 5. The maximum Gasteiger partial charge on any atom is 0.255 e. The molecule has 5 rings (SSSR count). The van der Waals surface area contributed by atoms with Gasteiger partial charge in [0.2, 0.25) is 5.95 Å². The number of fused-ring (bicyclic) bond motifs is 1. The average Bonchev–Trinajstić information content (AvgIpc) is 3.26. The third-order valence-electron chi connectivity index (χ3n) is 6.67. The van der Waals surface area contributed by atoms with Crippen LogP contribution in [0.2, 0.25) is 0 Å². The number of rotatable bonds is 5. The van der Waals surface area contributed by atoms with Crippen LogP contribution in [-0.2, 0) is 0 Å². The van der Waals surface area contributed by atoms with Crippen LogP contribution in [0.1, 0.15) is 48.8 Å². The van der Waals surface area contributed by atoms with Crippen molar-refractivity contribution < 1.29 is 13.6 Å². The summed E-state index contributed by atoms with van der Waals surface area (Å²) in [6, 6.07) is 11.7. The number of hydrogen-bond acceptors (Lipinski definition) is 6. The Morgan fingerprint density at radius 3 is 2.44 bits per heavy atom. The van der Waals surface area contributed by atoms with Gasteiger partial charge in [0.25, 0.3) is 5.91 Å². The molecule has 1 fully saturated rings. The molecule has 0 saturated carbocycles. The Labute approximate surface area is 227 Å². The third kappa shape index (κ3) is 6.39. The molecule has 1 aromatic carbocycles. The van der Waals surface area contributed by atoms with Gasteiger partial charge in [-0.05, 0) is 76.4 Å². The normalized spacial score (nSPS) is 14.0. The molecule has 0 aliphatic carbocycles. The fourth-order valence-electron chi connectivity index (χ4n) is 4.94. The fourth-order valence-corrected chi connectivity index (χ4v) is 4.94. The van der Waals surface area contributed by atoms with Crippen LogP contribution in [0.4, 0.5) is 20.5 Å². The number of aromatic nitrogens is 4. The van der Waals surface area contributed by atoms with Crippen molar-refractivity contribution in [1.29, 1.82) is 0 Å². The maximum atomic E-state index is 14.8. The van der Waals surface area contributed by atoms with Gasteiger partial charge >= 0.3 is 0 Å². The highest BCUT2D eigenvalue weighted by molar-refractivity contribution is 5.94. The van der Waals surface area contributed by atoms with Gasteiger partial charge in [0, 0.05) is 42.1 Å². The van der Waals surface area contributed by atoms with E-state index in [1.54, 1.807) is 18.3 Å². The SMILES string of the molecule is CF.Cc1cc2ccc(-c3nc(Nc4ccc(C(=O)N5CCCNCCC5)cn4)ncc3F)cc2n1C(C)C. The first-order chi connectivity index (χ1) is 18.9. The minimum absolute atomic E-state index is 0.0157. The van der Waals surface area contributed by atoms with Gasteiger partial charge in [-0.1, -0.05) is 12.1 Å². The van der Waals surface area contributed by atoms with Crippen LogP contribution in [0.15, 0.2) is 48.8 Å². The number of hydrogen-bond donors (Lipinski definition) is 2. The minimum Gasteiger partial charge on any atom is -0.342 e. The summed E-state index contributed by atoms with van der Waals surface area (Å²) in [5.74, 6) is 0.195. The number of halogens is 2. The van der Waals surface area contributed by atoms with Gasteiger partial charge < -0.3 is 20.1 Å². The van der Waals surface area contributed by atoms with Crippen LogP contribution in [0.3, 0.4) is 0 Å². The summed E-state index contributed by atoms with van der Waals surface area (Å²) < 4.78 is 26.5. The molecule has 206 valence electrons. The number of aryl methyl sites for hydroxylation is 1. The van der Waals surface area contributed by atoms with Gasteiger partial charge in [0.15, 0.2) is 5.82 Å². The molecule has 4 heterocycles. The zero-order valence-corrected chi connectivity index (χ0v) is 22.8. The van der Waals surface area contributed by atoms with Crippen molar-refractivity contribution in [3.8, 4) is 11.3 Å². The Morgan fingerprint density at radius 1 is 1.03 bits per heavy atom. The van der Waals surface area contributed by atoms with Gasteiger partial charge in [-0.15, -0.1) is 0 Å². The summed E-state index contributed by atoms with van der Waals surface area (Å²) in [6.07, 6.45) is 4.58. The fraction of sp³-hybridized carbons (Fsp3) is 0.379. The second kappa shape index (κ2) is 12.8. The molecule has 0 bridgehead atoms. The van der Waals surface area contributed by atoms with Crippen LogP contribution in [0, 0.1) is 12.7 Å². The molecule has 8 nitrogen and oxygen atoms in total. The number of carbonyl (C=O) groups is 1. The van der Waals surface area contributed by atoms with Crippen molar-refractivity contribution in [3.63, 3.8) is 0 Å². The maximum absolute atomic E-state index is 14.8. The van der Waals surface area contributed by atoms with E-state index in [4.69, 9.17) is 0 Å². The molecule has 1 aliphatic heterocycles. The van der Waals surface area contributed by atoms with E-state index < -0.39 is 5.82 Å². The first-order valence-corrected chi connectivity index (χ1v) is 13.2. The Kier molecular flexibility index (Phi) is 9.19. The standard InChI is InChI=1S/C28H32FN7O.CH3F/c1-18(2)36-19(3)14-20-6-7-21(15-24(20)36)26-23(29)17-32-28(34-26)33-25-9-8-22(16-31-25)27(37)35-12-4-10-30-11-5-13-35;1-2/h6-9,14-18,30H,4-5,10-13H2,1-3H3,(H,31,32,33,34);1H3. The molecule has 39 heavy (non-hydrogen) atoms. The molecule has 3 aromatic heterocycles. The zero-order valence-electron chi connectivity index (χ0n) is 22.8. The van der Waals surface area contributed by atoms with E-state index in [9.17, 15) is 13.6 Å². The van der Waals surface area contributed by atoms with Crippen LogP contribution in [-0.4, -0.2) is 63.7 Å².